The van der Waals surface area contributed by atoms with Crippen LogP contribution in [-0.2, 0) is 17.1 Å². The van der Waals surface area contributed by atoms with E-state index in [0.29, 0.717) is 0 Å². The van der Waals surface area contributed by atoms with Crippen molar-refractivity contribution in [1.29, 1.82) is 0 Å². The van der Waals surface area contributed by atoms with Gasteiger partial charge in [-0.2, -0.15) is 0 Å². The van der Waals surface area contributed by atoms with Crippen LogP contribution in [0.15, 0.2) is 17.2 Å². The van der Waals surface area contributed by atoms with Crippen LogP contribution in [0.4, 0.5) is 0 Å². The Morgan fingerprint density at radius 3 is 2.47 bits per heavy atom. The highest BCUT2D eigenvalue weighted by Gasteiger charge is 2.34. The highest BCUT2D eigenvalue weighted by molar-refractivity contribution is 7.89. The maximum atomic E-state index is 12.3. The van der Waals surface area contributed by atoms with Crippen molar-refractivity contribution in [1.82, 2.24) is 9.29 Å². The van der Waals surface area contributed by atoms with Crippen molar-refractivity contribution in [3.8, 4) is 0 Å². The summed E-state index contributed by atoms with van der Waals surface area (Å²) in [6.45, 7) is 1.89. The number of carboxylic acid groups (broad SMARTS) is 1. The van der Waals surface area contributed by atoms with Crippen molar-refractivity contribution in [2.24, 2.45) is 7.05 Å². The van der Waals surface area contributed by atoms with E-state index in [4.69, 9.17) is 5.11 Å². The van der Waals surface area contributed by atoms with Gasteiger partial charge in [0.1, 0.15) is 10.6 Å². The van der Waals surface area contributed by atoms with E-state index in [1.54, 1.807) is 0 Å². The van der Waals surface area contributed by atoms with Crippen molar-refractivity contribution < 1.29 is 18.3 Å². The van der Waals surface area contributed by atoms with Crippen LogP contribution in [0.5, 0.6) is 0 Å². The summed E-state index contributed by atoms with van der Waals surface area (Å²) < 4.78 is 28.5. The van der Waals surface area contributed by atoms with Gasteiger partial charge in [-0.25, -0.2) is 17.9 Å². The van der Waals surface area contributed by atoms with Gasteiger partial charge in [-0.3, -0.25) is 0 Å². The van der Waals surface area contributed by atoms with E-state index in [1.807, 2.05) is 6.92 Å². The molecule has 0 radical (unpaired) electrons. The summed E-state index contributed by atoms with van der Waals surface area (Å²) in [6, 6.07) is 1.18. The first-order valence-electron chi connectivity index (χ1n) is 6.17. The number of aryl methyl sites for hydroxylation is 1. The van der Waals surface area contributed by atoms with Crippen molar-refractivity contribution in [3.63, 3.8) is 0 Å². The molecule has 0 atom stereocenters. The zero-order chi connectivity index (χ0) is 14.3. The number of sulfonamides is 1. The molecule has 0 saturated heterocycles. The Hall–Kier alpha value is -1.34. The second kappa shape index (κ2) is 4.64. The van der Waals surface area contributed by atoms with Crippen molar-refractivity contribution in [2.75, 3.05) is 0 Å². The highest BCUT2D eigenvalue weighted by Crippen LogP contribution is 2.30. The summed E-state index contributed by atoms with van der Waals surface area (Å²) in [7, 11) is -2.16. The zero-order valence-electron chi connectivity index (χ0n) is 11.0. The predicted molar refractivity (Wildman–Crippen MR) is 69.6 cm³/mol. The Balaban J connectivity index is 2.29. The number of aromatic carboxylic acids is 1. The lowest BCUT2D eigenvalue weighted by Gasteiger charge is -2.24. The summed E-state index contributed by atoms with van der Waals surface area (Å²) in [4.78, 5) is 10.9. The molecule has 1 aromatic heterocycles. The first-order valence-corrected chi connectivity index (χ1v) is 7.65. The number of hydrogen-bond acceptors (Lipinski definition) is 3. The molecule has 0 unspecified atom stereocenters. The molecule has 19 heavy (non-hydrogen) atoms. The Labute approximate surface area is 112 Å². The molecule has 1 aromatic rings. The van der Waals surface area contributed by atoms with E-state index < -0.39 is 21.5 Å². The molecule has 1 aliphatic rings. The van der Waals surface area contributed by atoms with E-state index in [-0.39, 0.29) is 10.6 Å². The third kappa shape index (κ3) is 2.82. The van der Waals surface area contributed by atoms with Gasteiger partial charge in [-0.05, 0) is 25.8 Å². The van der Waals surface area contributed by atoms with Crippen molar-refractivity contribution in [2.45, 2.75) is 43.0 Å². The average Bonchev–Trinajstić information content (AvgIpc) is 2.84. The van der Waals surface area contributed by atoms with Crippen LogP contribution in [0, 0.1) is 0 Å². The lowest BCUT2D eigenvalue weighted by atomic mass is 10.0. The summed E-state index contributed by atoms with van der Waals surface area (Å²) >= 11 is 0. The van der Waals surface area contributed by atoms with Gasteiger partial charge in [0.15, 0.2) is 0 Å². The molecule has 0 spiro atoms. The smallest absolute Gasteiger partial charge is 0.352 e. The van der Waals surface area contributed by atoms with Gasteiger partial charge in [-0.15, -0.1) is 0 Å². The van der Waals surface area contributed by atoms with Crippen LogP contribution < -0.4 is 4.72 Å². The normalized spacial score (nSPS) is 18.6. The maximum absolute atomic E-state index is 12.3. The lowest BCUT2D eigenvalue weighted by Crippen LogP contribution is -2.43. The molecule has 1 heterocycles. The molecule has 0 bridgehead atoms. The first-order chi connectivity index (χ1) is 8.73. The van der Waals surface area contributed by atoms with E-state index in [2.05, 4.69) is 4.72 Å². The molecular formula is C12H18N2O4S. The van der Waals surface area contributed by atoms with E-state index in [0.717, 1.165) is 25.7 Å². The van der Waals surface area contributed by atoms with Gasteiger partial charge in [0, 0.05) is 18.8 Å². The molecule has 7 heteroatoms. The predicted octanol–water partition coefficient (Wildman–Crippen LogP) is 1.33. The van der Waals surface area contributed by atoms with Gasteiger partial charge in [-0.1, -0.05) is 12.8 Å². The Kier molecular flexibility index (Phi) is 3.44. The van der Waals surface area contributed by atoms with E-state index in [9.17, 15) is 13.2 Å². The van der Waals surface area contributed by atoms with Gasteiger partial charge in [0.2, 0.25) is 10.0 Å². The summed E-state index contributed by atoms with van der Waals surface area (Å²) in [5, 5.41) is 8.94. The molecule has 1 fully saturated rings. The third-order valence-electron chi connectivity index (χ3n) is 3.60. The fraction of sp³-hybridized carbons (Fsp3) is 0.583. The lowest BCUT2D eigenvalue weighted by molar-refractivity contribution is 0.0686. The summed E-state index contributed by atoms with van der Waals surface area (Å²) in [6.07, 6.45) is 4.96. The molecule has 0 aliphatic heterocycles. The maximum Gasteiger partial charge on any atom is 0.352 e. The Bertz CT molecular complexity index is 597. The number of carbonyl (C=O) groups is 1. The van der Waals surface area contributed by atoms with E-state index >= 15 is 0 Å². The van der Waals surface area contributed by atoms with Crippen LogP contribution in [0.25, 0.3) is 0 Å². The zero-order valence-corrected chi connectivity index (χ0v) is 11.8. The number of hydrogen-bond donors (Lipinski definition) is 2. The second-order valence-electron chi connectivity index (χ2n) is 5.35. The molecule has 2 N–H and O–H groups in total. The van der Waals surface area contributed by atoms with Crippen LogP contribution in [-0.4, -0.2) is 29.6 Å². The third-order valence-corrected chi connectivity index (χ3v) is 5.20. The topological polar surface area (TPSA) is 88.4 Å². The van der Waals surface area contributed by atoms with Crippen LogP contribution >= 0.6 is 0 Å². The number of rotatable bonds is 4. The van der Waals surface area contributed by atoms with Gasteiger partial charge < -0.3 is 9.67 Å². The second-order valence-corrected chi connectivity index (χ2v) is 7.03. The summed E-state index contributed by atoms with van der Waals surface area (Å²) in [5.41, 5.74) is -0.463. The number of nitrogens with zero attached hydrogens (tertiary/aromatic N) is 1. The minimum atomic E-state index is -3.67. The van der Waals surface area contributed by atoms with Crippen LogP contribution in [0.1, 0.15) is 43.1 Å². The molecule has 106 valence electrons. The molecule has 1 saturated carbocycles. The minimum Gasteiger partial charge on any atom is -0.477 e. The van der Waals surface area contributed by atoms with Crippen LogP contribution in [0.3, 0.4) is 0 Å². The average molecular weight is 286 g/mol. The molecular weight excluding hydrogens is 268 g/mol. The number of aromatic nitrogens is 1. The quantitative estimate of drug-likeness (QED) is 0.874. The minimum absolute atomic E-state index is 0.000486. The fourth-order valence-electron chi connectivity index (χ4n) is 2.53. The molecule has 2 rings (SSSR count). The van der Waals surface area contributed by atoms with Gasteiger partial charge in [0.25, 0.3) is 0 Å². The molecule has 0 aromatic carbocycles. The Morgan fingerprint density at radius 1 is 1.42 bits per heavy atom. The summed E-state index contributed by atoms with van der Waals surface area (Å²) in [5.74, 6) is -1.14. The van der Waals surface area contributed by atoms with Crippen LogP contribution in [0.2, 0.25) is 0 Å². The van der Waals surface area contributed by atoms with Gasteiger partial charge >= 0.3 is 5.97 Å². The molecule has 1 aliphatic carbocycles. The van der Waals surface area contributed by atoms with Crippen molar-refractivity contribution >= 4 is 16.0 Å². The monoisotopic (exact) mass is 286 g/mol. The first kappa shape index (κ1) is 14.1. The largest absolute Gasteiger partial charge is 0.477 e. The SMILES string of the molecule is Cn1cc(S(=O)(=O)NC2(C)CCCC2)cc1C(=O)O. The van der Waals surface area contributed by atoms with E-state index in [1.165, 1.54) is 23.9 Å². The Morgan fingerprint density at radius 2 is 2.00 bits per heavy atom. The van der Waals surface area contributed by atoms with Crippen molar-refractivity contribution in [3.05, 3.63) is 18.0 Å². The highest BCUT2D eigenvalue weighted by atomic mass is 32.2. The van der Waals surface area contributed by atoms with Gasteiger partial charge in [0.05, 0.1) is 0 Å². The number of nitrogens with one attached hydrogen (secondary N) is 1. The number of carboxylic acids is 1. The fourth-order valence-corrected chi connectivity index (χ4v) is 4.07. The molecule has 0 amide bonds. The molecule has 6 nitrogen and oxygen atoms in total. The standard InChI is InChI=1S/C12H18N2O4S/c1-12(5-3-4-6-12)13-19(17,18)9-7-10(11(15)16)14(2)8-9/h7-8,13H,3-6H2,1-2H3,(H,15,16).